The lowest BCUT2D eigenvalue weighted by Crippen LogP contribution is -2.09. The van der Waals surface area contributed by atoms with Crippen LogP contribution in [0.2, 0.25) is 0 Å². The first kappa shape index (κ1) is 13.1. The van der Waals surface area contributed by atoms with E-state index in [-0.39, 0.29) is 11.4 Å². The number of ether oxygens (including phenoxy) is 1. The van der Waals surface area contributed by atoms with Crippen molar-refractivity contribution < 1.29 is 4.74 Å². The van der Waals surface area contributed by atoms with E-state index in [0.29, 0.717) is 11.4 Å². The first-order chi connectivity index (χ1) is 8.60. The number of hydrogen-bond acceptors (Lipinski definition) is 4. The van der Waals surface area contributed by atoms with Gasteiger partial charge >= 0.3 is 0 Å². The van der Waals surface area contributed by atoms with Crippen LogP contribution in [0.25, 0.3) is 11.2 Å². The first-order valence-corrected chi connectivity index (χ1v) is 6.44. The molecule has 2 atom stereocenters. The number of hydrogen-bond donors (Lipinski definition) is 0. The molecule has 0 aliphatic heterocycles. The molecule has 98 valence electrons. The van der Waals surface area contributed by atoms with Crippen LogP contribution >= 0.6 is 11.6 Å². The Balaban J connectivity index is 2.75. The van der Waals surface area contributed by atoms with Crippen LogP contribution in [0.15, 0.2) is 6.33 Å². The van der Waals surface area contributed by atoms with E-state index < -0.39 is 0 Å². The molecule has 2 aromatic heterocycles. The Labute approximate surface area is 111 Å². The predicted molar refractivity (Wildman–Crippen MR) is 71.1 cm³/mol. The molecule has 0 aliphatic carbocycles. The fourth-order valence-electron chi connectivity index (χ4n) is 1.95. The lowest BCUT2D eigenvalue weighted by molar-refractivity contribution is 0.401. The Bertz CT molecular complexity index is 552. The molecular formula is C12H17ClN4O. The second-order valence-corrected chi connectivity index (χ2v) is 4.92. The van der Waals surface area contributed by atoms with E-state index in [4.69, 9.17) is 16.3 Å². The van der Waals surface area contributed by atoms with Gasteiger partial charge in [-0.25, -0.2) is 9.97 Å². The number of halogens is 1. The van der Waals surface area contributed by atoms with Gasteiger partial charge in [0, 0.05) is 6.04 Å². The molecule has 2 rings (SSSR count). The second-order valence-electron chi connectivity index (χ2n) is 4.27. The minimum absolute atomic E-state index is 0.182. The van der Waals surface area contributed by atoms with Gasteiger partial charge in [0.25, 0.3) is 0 Å². The van der Waals surface area contributed by atoms with Crippen LogP contribution in [-0.2, 0) is 0 Å². The Kier molecular flexibility index (Phi) is 3.71. The molecule has 5 nitrogen and oxygen atoms in total. The van der Waals surface area contributed by atoms with Gasteiger partial charge in [0.2, 0.25) is 5.88 Å². The predicted octanol–water partition coefficient (Wildman–Crippen LogP) is 3.11. The van der Waals surface area contributed by atoms with Gasteiger partial charge in [0.15, 0.2) is 11.2 Å². The molecule has 2 aromatic rings. The highest BCUT2D eigenvalue weighted by Crippen LogP contribution is 2.30. The maximum Gasteiger partial charge on any atom is 0.245 e. The number of fused-ring (bicyclic) bond motifs is 1. The van der Waals surface area contributed by atoms with E-state index in [9.17, 15) is 0 Å². The monoisotopic (exact) mass is 268 g/mol. The third kappa shape index (κ3) is 2.03. The van der Waals surface area contributed by atoms with E-state index in [1.807, 2.05) is 6.92 Å². The zero-order valence-electron chi connectivity index (χ0n) is 11.0. The van der Waals surface area contributed by atoms with E-state index in [2.05, 4.69) is 33.4 Å². The zero-order chi connectivity index (χ0) is 13.3. The van der Waals surface area contributed by atoms with Crippen LogP contribution in [0.1, 0.15) is 44.4 Å². The summed E-state index contributed by atoms with van der Waals surface area (Å²) in [4.78, 5) is 12.9. The average molecular weight is 269 g/mol. The number of aromatic nitrogens is 4. The number of nitrogens with zero attached hydrogens (tertiary/aromatic N) is 4. The van der Waals surface area contributed by atoms with Crippen molar-refractivity contribution in [3.05, 3.63) is 12.2 Å². The summed E-state index contributed by atoms with van der Waals surface area (Å²) in [5, 5.41) is -0.182. The van der Waals surface area contributed by atoms with Crippen molar-refractivity contribution >= 4 is 22.8 Å². The Morgan fingerprint density at radius 3 is 2.67 bits per heavy atom. The van der Waals surface area contributed by atoms with Crippen LogP contribution in [0.3, 0.4) is 0 Å². The molecule has 0 aliphatic rings. The maximum absolute atomic E-state index is 6.20. The number of imidazole rings is 1. The van der Waals surface area contributed by atoms with Gasteiger partial charge in [-0.3, -0.25) is 0 Å². The average Bonchev–Trinajstić information content (AvgIpc) is 2.77. The van der Waals surface area contributed by atoms with Crippen LogP contribution in [0.5, 0.6) is 5.88 Å². The van der Waals surface area contributed by atoms with Gasteiger partial charge in [0.05, 0.1) is 12.5 Å². The molecule has 0 fully saturated rings. The second kappa shape index (κ2) is 5.10. The molecular weight excluding hydrogens is 252 g/mol. The summed E-state index contributed by atoms with van der Waals surface area (Å²) in [6, 6.07) is 0.283. The van der Waals surface area contributed by atoms with Crippen LogP contribution in [0.4, 0.5) is 0 Å². The molecule has 0 bridgehead atoms. The molecule has 0 saturated heterocycles. The summed E-state index contributed by atoms with van der Waals surface area (Å²) < 4.78 is 7.29. The maximum atomic E-state index is 6.20. The summed E-state index contributed by atoms with van der Waals surface area (Å²) in [6.45, 7) is 6.15. The SMILES string of the molecule is CCC(C)n1c(C(C)Cl)nc2c(OC)ncnc21. The summed E-state index contributed by atoms with van der Waals surface area (Å²) in [6.07, 6.45) is 2.47. The molecule has 0 N–H and O–H groups in total. The summed E-state index contributed by atoms with van der Waals surface area (Å²) in [7, 11) is 1.58. The van der Waals surface area contributed by atoms with Crippen molar-refractivity contribution in [3.8, 4) is 5.88 Å². The van der Waals surface area contributed by atoms with Crippen molar-refractivity contribution in [2.75, 3.05) is 7.11 Å². The van der Waals surface area contributed by atoms with Crippen molar-refractivity contribution in [2.45, 2.75) is 38.6 Å². The van der Waals surface area contributed by atoms with Crippen molar-refractivity contribution in [1.82, 2.24) is 19.5 Å². The van der Waals surface area contributed by atoms with Gasteiger partial charge in [-0.15, -0.1) is 11.6 Å². The highest BCUT2D eigenvalue weighted by Gasteiger charge is 2.21. The first-order valence-electron chi connectivity index (χ1n) is 6.01. The molecule has 2 heterocycles. The van der Waals surface area contributed by atoms with Gasteiger partial charge in [-0.2, -0.15) is 4.98 Å². The largest absolute Gasteiger partial charge is 0.479 e. The highest BCUT2D eigenvalue weighted by atomic mass is 35.5. The van der Waals surface area contributed by atoms with E-state index in [1.165, 1.54) is 6.33 Å². The molecule has 0 amide bonds. The van der Waals surface area contributed by atoms with Gasteiger partial charge in [0.1, 0.15) is 12.2 Å². The third-order valence-electron chi connectivity index (χ3n) is 3.05. The number of rotatable bonds is 4. The molecule has 2 unspecified atom stereocenters. The topological polar surface area (TPSA) is 52.8 Å². The minimum atomic E-state index is -0.182. The molecule has 6 heteroatoms. The Hall–Kier alpha value is -1.36. The molecule has 0 aromatic carbocycles. The molecule has 0 spiro atoms. The van der Waals surface area contributed by atoms with Gasteiger partial charge < -0.3 is 9.30 Å². The molecule has 0 saturated carbocycles. The Morgan fingerprint density at radius 2 is 2.11 bits per heavy atom. The minimum Gasteiger partial charge on any atom is -0.479 e. The lowest BCUT2D eigenvalue weighted by atomic mass is 10.2. The third-order valence-corrected chi connectivity index (χ3v) is 3.25. The van der Waals surface area contributed by atoms with Crippen molar-refractivity contribution in [3.63, 3.8) is 0 Å². The summed E-state index contributed by atoms with van der Waals surface area (Å²) in [5.74, 6) is 1.29. The highest BCUT2D eigenvalue weighted by molar-refractivity contribution is 6.20. The van der Waals surface area contributed by atoms with E-state index >= 15 is 0 Å². The quantitative estimate of drug-likeness (QED) is 0.800. The van der Waals surface area contributed by atoms with Crippen molar-refractivity contribution in [1.29, 1.82) is 0 Å². The fraction of sp³-hybridized carbons (Fsp3) is 0.583. The standard InChI is InChI=1S/C12H17ClN4O/c1-5-7(2)17-10(8(3)13)16-9-11(17)14-6-15-12(9)18-4/h6-8H,5H2,1-4H3. The van der Waals surface area contributed by atoms with Crippen LogP contribution < -0.4 is 4.74 Å². The summed E-state index contributed by atoms with van der Waals surface area (Å²) in [5.41, 5.74) is 1.45. The number of methoxy groups -OCH3 is 1. The summed E-state index contributed by atoms with van der Waals surface area (Å²) >= 11 is 6.20. The van der Waals surface area contributed by atoms with Crippen molar-refractivity contribution in [2.24, 2.45) is 0 Å². The van der Waals surface area contributed by atoms with Gasteiger partial charge in [-0.1, -0.05) is 6.92 Å². The van der Waals surface area contributed by atoms with Crippen LogP contribution in [-0.4, -0.2) is 26.6 Å². The van der Waals surface area contributed by atoms with E-state index in [1.54, 1.807) is 7.11 Å². The fourth-order valence-corrected chi connectivity index (χ4v) is 2.11. The number of alkyl halides is 1. The normalized spacial score (nSPS) is 14.7. The van der Waals surface area contributed by atoms with E-state index in [0.717, 1.165) is 17.9 Å². The Morgan fingerprint density at radius 1 is 1.39 bits per heavy atom. The zero-order valence-corrected chi connectivity index (χ0v) is 11.8. The smallest absolute Gasteiger partial charge is 0.245 e. The molecule has 18 heavy (non-hydrogen) atoms. The van der Waals surface area contributed by atoms with Gasteiger partial charge in [-0.05, 0) is 20.3 Å². The van der Waals surface area contributed by atoms with Crippen LogP contribution in [0, 0.1) is 0 Å². The molecule has 0 radical (unpaired) electrons. The lowest BCUT2D eigenvalue weighted by Gasteiger charge is -2.15.